The van der Waals surface area contributed by atoms with Crippen molar-refractivity contribution in [1.82, 2.24) is 9.55 Å². The quantitative estimate of drug-likeness (QED) is 0.262. The second-order valence-electron chi connectivity index (χ2n) is 10.7. The van der Waals surface area contributed by atoms with Gasteiger partial charge in [-0.3, -0.25) is 19.0 Å². The van der Waals surface area contributed by atoms with E-state index in [1.165, 1.54) is 30.7 Å². The number of carbonyl (C=O) groups excluding carboxylic acids is 2. The standard InChI is InChI=1S/C31H36N4O3S/c1-3-4-18-35-29(38)27-28(25-11-7-6-10-22(25)19-31(27)16-8-5-9-17-31)34-30(35)39-20-26(37)33-24-14-12-23(13-15-24)32-21(2)36/h6-7,10-15H,3-5,8-9,16-20H2,1-2H3,(H,32,36)(H,33,37). The monoisotopic (exact) mass is 544 g/mol. The van der Waals surface area contributed by atoms with E-state index in [2.05, 4.69) is 35.8 Å². The molecule has 7 nitrogen and oxygen atoms in total. The third-order valence-corrected chi connectivity index (χ3v) is 8.81. The maximum absolute atomic E-state index is 14.2. The van der Waals surface area contributed by atoms with Crippen LogP contribution >= 0.6 is 11.8 Å². The van der Waals surface area contributed by atoms with E-state index in [-0.39, 0.29) is 28.5 Å². The minimum Gasteiger partial charge on any atom is -0.326 e. The Hall–Kier alpha value is -3.39. The number of unbranched alkanes of at least 4 members (excludes halogenated alkanes) is 1. The van der Waals surface area contributed by atoms with Crippen molar-refractivity contribution in [1.29, 1.82) is 0 Å². The van der Waals surface area contributed by atoms with Crippen LogP contribution in [0.4, 0.5) is 11.4 Å². The second-order valence-corrected chi connectivity index (χ2v) is 11.6. The van der Waals surface area contributed by atoms with Crippen molar-refractivity contribution in [2.24, 2.45) is 0 Å². The molecule has 0 bridgehead atoms. The van der Waals surface area contributed by atoms with Gasteiger partial charge in [-0.1, -0.05) is 68.6 Å². The molecule has 1 heterocycles. The smallest absolute Gasteiger partial charge is 0.258 e. The van der Waals surface area contributed by atoms with Crippen molar-refractivity contribution < 1.29 is 9.59 Å². The molecule has 39 heavy (non-hydrogen) atoms. The Morgan fingerprint density at radius 3 is 2.38 bits per heavy atom. The first-order valence-corrected chi connectivity index (χ1v) is 14.9. The first kappa shape index (κ1) is 27.2. The third kappa shape index (κ3) is 5.81. The first-order chi connectivity index (χ1) is 18.9. The zero-order valence-corrected chi connectivity index (χ0v) is 23.5. The van der Waals surface area contributed by atoms with Crippen LogP contribution in [0.15, 0.2) is 58.5 Å². The number of benzene rings is 2. The molecule has 2 amide bonds. The van der Waals surface area contributed by atoms with E-state index < -0.39 is 0 Å². The fourth-order valence-corrected chi connectivity index (χ4v) is 6.83. The van der Waals surface area contributed by atoms with E-state index >= 15 is 0 Å². The summed E-state index contributed by atoms with van der Waals surface area (Å²) in [5.41, 5.74) is 5.26. The lowest BCUT2D eigenvalue weighted by atomic mass is 9.62. The summed E-state index contributed by atoms with van der Waals surface area (Å²) in [5, 5.41) is 6.23. The maximum atomic E-state index is 14.2. The van der Waals surface area contributed by atoms with Gasteiger partial charge in [-0.25, -0.2) is 4.98 Å². The zero-order chi connectivity index (χ0) is 27.4. The van der Waals surface area contributed by atoms with Crippen molar-refractivity contribution in [2.75, 3.05) is 16.4 Å². The molecule has 3 aromatic rings. The van der Waals surface area contributed by atoms with Gasteiger partial charge in [0.25, 0.3) is 5.56 Å². The summed E-state index contributed by atoms with van der Waals surface area (Å²) in [6.45, 7) is 4.17. The summed E-state index contributed by atoms with van der Waals surface area (Å²) in [5.74, 6) is -0.185. The van der Waals surface area contributed by atoms with Gasteiger partial charge in [-0.05, 0) is 55.5 Å². The lowest BCUT2D eigenvalue weighted by Crippen LogP contribution is -2.43. The van der Waals surface area contributed by atoms with Crippen molar-refractivity contribution in [3.63, 3.8) is 0 Å². The van der Waals surface area contributed by atoms with E-state index in [9.17, 15) is 14.4 Å². The Kier molecular flexibility index (Phi) is 8.21. The topological polar surface area (TPSA) is 93.1 Å². The molecule has 1 fully saturated rings. The first-order valence-electron chi connectivity index (χ1n) is 13.9. The van der Waals surface area contributed by atoms with Crippen LogP contribution in [-0.2, 0) is 28.0 Å². The normalized spacial score (nSPS) is 15.3. The molecule has 8 heteroatoms. The Morgan fingerprint density at radius 2 is 1.69 bits per heavy atom. The number of anilines is 2. The number of hydrogen-bond acceptors (Lipinski definition) is 5. The number of nitrogens with zero attached hydrogens (tertiary/aromatic N) is 2. The van der Waals surface area contributed by atoms with E-state index in [1.807, 2.05) is 10.6 Å². The molecule has 0 aliphatic heterocycles. The molecule has 1 spiro atoms. The van der Waals surface area contributed by atoms with E-state index in [4.69, 9.17) is 4.98 Å². The molecule has 1 saturated carbocycles. The number of rotatable bonds is 8. The largest absolute Gasteiger partial charge is 0.326 e. The highest BCUT2D eigenvalue weighted by Gasteiger charge is 2.43. The van der Waals surface area contributed by atoms with Crippen molar-refractivity contribution in [2.45, 2.75) is 82.3 Å². The summed E-state index contributed by atoms with van der Waals surface area (Å²) < 4.78 is 1.83. The van der Waals surface area contributed by atoms with Gasteiger partial charge in [0, 0.05) is 35.8 Å². The molecule has 0 atom stereocenters. The summed E-state index contributed by atoms with van der Waals surface area (Å²) in [4.78, 5) is 43.5. The van der Waals surface area contributed by atoms with Gasteiger partial charge >= 0.3 is 0 Å². The molecule has 2 aliphatic rings. The highest BCUT2D eigenvalue weighted by atomic mass is 32.2. The fraction of sp³-hybridized carbons (Fsp3) is 0.419. The van der Waals surface area contributed by atoms with Gasteiger partial charge in [-0.15, -0.1) is 0 Å². The summed E-state index contributed by atoms with van der Waals surface area (Å²) in [7, 11) is 0. The number of fused-ring (bicyclic) bond motifs is 4. The summed E-state index contributed by atoms with van der Waals surface area (Å²) in [6, 6.07) is 15.3. The molecule has 204 valence electrons. The van der Waals surface area contributed by atoms with Crippen LogP contribution in [0.2, 0.25) is 0 Å². The number of amides is 2. The highest BCUT2D eigenvalue weighted by Crippen LogP contribution is 2.48. The lowest BCUT2D eigenvalue weighted by Gasteiger charge is -2.42. The van der Waals surface area contributed by atoms with Crippen LogP contribution in [0.3, 0.4) is 0 Å². The van der Waals surface area contributed by atoms with Gasteiger partial charge in [0.05, 0.1) is 17.0 Å². The van der Waals surface area contributed by atoms with E-state index in [0.29, 0.717) is 23.1 Å². The highest BCUT2D eigenvalue weighted by molar-refractivity contribution is 7.99. The van der Waals surface area contributed by atoms with E-state index in [0.717, 1.165) is 61.8 Å². The lowest BCUT2D eigenvalue weighted by molar-refractivity contribution is -0.114. The van der Waals surface area contributed by atoms with Crippen LogP contribution in [0.1, 0.15) is 69.9 Å². The summed E-state index contributed by atoms with van der Waals surface area (Å²) in [6.07, 6.45) is 8.28. The third-order valence-electron chi connectivity index (χ3n) is 7.83. The number of nitrogens with one attached hydrogen (secondary N) is 2. The predicted molar refractivity (Wildman–Crippen MR) is 157 cm³/mol. The van der Waals surface area contributed by atoms with Crippen LogP contribution < -0.4 is 16.2 Å². The molecule has 2 aromatic carbocycles. The molecule has 0 saturated heterocycles. The van der Waals surface area contributed by atoms with E-state index in [1.54, 1.807) is 24.3 Å². The van der Waals surface area contributed by atoms with Crippen LogP contribution in [0.25, 0.3) is 11.3 Å². The molecule has 2 aliphatic carbocycles. The summed E-state index contributed by atoms with van der Waals surface area (Å²) >= 11 is 1.32. The molecule has 0 unspecified atom stereocenters. The minimum atomic E-state index is -0.176. The molecule has 5 rings (SSSR count). The van der Waals surface area contributed by atoms with Gasteiger partial charge in [0.1, 0.15) is 0 Å². The zero-order valence-electron chi connectivity index (χ0n) is 22.7. The van der Waals surface area contributed by atoms with Crippen molar-refractivity contribution in [3.8, 4) is 11.3 Å². The van der Waals surface area contributed by atoms with Crippen molar-refractivity contribution >= 4 is 35.0 Å². The Bertz CT molecular complexity index is 1420. The molecule has 0 radical (unpaired) electrons. The van der Waals surface area contributed by atoms with Crippen molar-refractivity contribution in [3.05, 3.63) is 70.0 Å². The predicted octanol–water partition coefficient (Wildman–Crippen LogP) is 6.16. The molecule has 2 N–H and O–H groups in total. The van der Waals surface area contributed by atoms with Crippen LogP contribution in [-0.4, -0.2) is 27.1 Å². The average Bonchev–Trinajstić information content (AvgIpc) is 2.92. The van der Waals surface area contributed by atoms with Gasteiger partial charge < -0.3 is 10.6 Å². The van der Waals surface area contributed by atoms with Gasteiger partial charge in [0.15, 0.2) is 5.16 Å². The average molecular weight is 545 g/mol. The van der Waals surface area contributed by atoms with Crippen LogP contribution in [0.5, 0.6) is 0 Å². The Labute approximate surface area is 233 Å². The second kappa shape index (κ2) is 11.8. The molecule has 1 aromatic heterocycles. The van der Waals surface area contributed by atoms with Gasteiger partial charge in [0.2, 0.25) is 11.8 Å². The Balaban J connectivity index is 1.45. The number of aromatic nitrogens is 2. The maximum Gasteiger partial charge on any atom is 0.258 e. The Morgan fingerprint density at radius 1 is 1.00 bits per heavy atom. The molecular formula is C31H36N4O3S. The van der Waals surface area contributed by atoms with Crippen LogP contribution in [0, 0.1) is 0 Å². The SMILES string of the molecule is CCCCn1c(SCC(=O)Nc2ccc(NC(C)=O)cc2)nc2c(c1=O)C1(CCCCC1)Cc1ccccc1-2. The fourth-order valence-electron chi connectivity index (χ4n) is 6.01. The number of thioether (sulfide) groups is 1. The minimum absolute atomic E-state index is 0.0707. The van der Waals surface area contributed by atoms with Gasteiger partial charge in [-0.2, -0.15) is 0 Å². The number of hydrogen-bond donors (Lipinski definition) is 2. The number of carbonyl (C=O) groups is 2. The molecular weight excluding hydrogens is 508 g/mol.